The van der Waals surface area contributed by atoms with Crippen molar-refractivity contribution in [2.45, 2.75) is 39.7 Å². The third-order valence-corrected chi connectivity index (χ3v) is 5.02. The van der Waals surface area contributed by atoms with Gasteiger partial charge < -0.3 is 9.88 Å². The highest BCUT2D eigenvalue weighted by Crippen LogP contribution is 2.15. The van der Waals surface area contributed by atoms with E-state index in [9.17, 15) is 4.79 Å². The summed E-state index contributed by atoms with van der Waals surface area (Å²) in [5, 5.41) is 7.20. The van der Waals surface area contributed by atoms with Gasteiger partial charge in [0.25, 0.3) is 5.78 Å². The molecule has 0 atom stereocenters. The summed E-state index contributed by atoms with van der Waals surface area (Å²) in [6, 6.07) is 8.06. The van der Waals surface area contributed by atoms with Crippen molar-refractivity contribution in [3.63, 3.8) is 0 Å². The maximum Gasteiger partial charge on any atom is 0.252 e. The van der Waals surface area contributed by atoms with Gasteiger partial charge in [0.05, 0.1) is 17.4 Å². The Labute approximate surface area is 162 Å². The zero-order chi connectivity index (χ0) is 19.5. The Balaban J connectivity index is 1.27. The maximum atomic E-state index is 12.2. The van der Waals surface area contributed by atoms with E-state index in [4.69, 9.17) is 0 Å². The van der Waals surface area contributed by atoms with Crippen LogP contribution in [-0.4, -0.2) is 41.6 Å². The fourth-order valence-electron chi connectivity index (χ4n) is 3.51. The van der Waals surface area contributed by atoms with E-state index in [0.717, 1.165) is 41.0 Å². The molecule has 28 heavy (non-hydrogen) atoms. The number of rotatable bonds is 7. The lowest BCUT2D eigenvalue weighted by atomic mass is 10.1. The summed E-state index contributed by atoms with van der Waals surface area (Å²) in [6.45, 7) is 5.40. The molecule has 3 aromatic heterocycles. The molecule has 0 radical (unpaired) electrons. The number of nitrogens with zero attached hydrogens (tertiary/aromatic N) is 6. The van der Waals surface area contributed by atoms with E-state index in [2.05, 4.69) is 36.0 Å². The van der Waals surface area contributed by atoms with Crippen LogP contribution >= 0.6 is 0 Å². The monoisotopic (exact) mass is 377 g/mol. The molecule has 8 heteroatoms. The van der Waals surface area contributed by atoms with Crippen LogP contribution in [0.2, 0.25) is 0 Å². The predicted molar refractivity (Wildman–Crippen MR) is 106 cm³/mol. The molecule has 4 aromatic rings. The predicted octanol–water partition coefficient (Wildman–Crippen LogP) is 2.23. The molecule has 0 bridgehead atoms. The fraction of sp³-hybridized carbons (Fsp3) is 0.350. The number of fused-ring (bicyclic) bond motifs is 2. The van der Waals surface area contributed by atoms with Crippen LogP contribution in [0.25, 0.3) is 16.8 Å². The minimum absolute atomic E-state index is 0.0491. The molecule has 1 N–H and O–H groups in total. The molecule has 3 heterocycles. The number of amides is 1. The zero-order valence-electron chi connectivity index (χ0n) is 16.1. The van der Waals surface area contributed by atoms with Gasteiger partial charge in [0.1, 0.15) is 6.33 Å². The van der Waals surface area contributed by atoms with Crippen molar-refractivity contribution in [1.29, 1.82) is 0 Å². The van der Waals surface area contributed by atoms with Crippen LogP contribution in [0.3, 0.4) is 0 Å². The first-order valence-electron chi connectivity index (χ1n) is 9.46. The van der Waals surface area contributed by atoms with Crippen LogP contribution in [0.15, 0.2) is 36.9 Å². The van der Waals surface area contributed by atoms with Crippen molar-refractivity contribution < 1.29 is 4.79 Å². The van der Waals surface area contributed by atoms with E-state index in [1.165, 1.54) is 6.33 Å². The molecule has 0 spiro atoms. The number of aromatic nitrogens is 6. The van der Waals surface area contributed by atoms with Crippen molar-refractivity contribution >= 4 is 22.7 Å². The van der Waals surface area contributed by atoms with Gasteiger partial charge in [-0.25, -0.2) is 14.5 Å². The highest BCUT2D eigenvalue weighted by molar-refractivity contribution is 5.76. The van der Waals surface area contributed by atoms with E-state index in [-0.39, 0.29) is 5.91 Å². The minimum atomic E-state index is 0.0491. The Morgan fingerprint density at radius 1 is 1.18 bits per heavy atom. The molecule has 1 amide bonds. The minimum Gasteiger partial charge on any atom is -0.356 e. The molecule has 0 saturated heterocycles. The number of nitrogens with one attached hydrogen (secondary N) is 1. The van der Waals surface area contributed by atoms with E-state index in [1.807, 2.05) is 38.4 Å². The Bertz CT molecular complexity index is 1130. The topological polar surface area (TPSA) is 90.0 Å². The number of hydrogen-bond donors (Lipinski definition) is 1. The summed E-state index contributed by atoms with van der Waals surface area (Å²) in [5.74, 6) is 0.642. The first kappa shape index (κ1) is 18.1. The summed E-state index contributed by atoms with van der Waals surface area (Å²) in [6.07, 6.45) is 5.27. The molecule has 0 aliphatic heterocycles. The molecular weight excluding hydrogens is 354 g/mol. The van der Waals surface area contributed by atoms with Gasteiger partial charge in [0.15, 0.2) is 0 Å². The van der Waals surface area contributed by atoms with Crippen molar-refractivity contribution in [3.05, 3.63) is 53.9 Å². The van der Waals surface area contributed by atoms with Crippen LogP contribution in [-0.2, 0) is 17.8 Å². The lowest BCUT2D eigenvalue weighted by molar-refractivity contribution is -0.121. The summed E-state index contributed by atoms with van der Waals surface area (Å²) in [5.41, 5.74) is 5.06. The van der Waals surface area contributed by atoms with E-state index in [1.54, 1.807) is 4.52 Å². The summed E-state index contributed by atoms with van der Waals surface area (Å²) in [7, 11) is 0. The first-order valence-corrected chi connectivity index (χ1v) is 9.46. The molecule has 0 unspecified atom stereocenters. The molecular formula is C20H23N7O. The normalized spacial score (nSPS) is 11.4. The second-order valence-corrected chi connectivity index (χ2v) is 6.86. The summed E-state index contributed by atoms with van der Waals surface area (Å²) < 4.78 is 3.84. The SMILES string of the molecule is Cc1nc2ncnn2c(C)c1CCC(=O)NCCCn1cnc2ccccc21. The van der Waals surface area contributed by atoms with Crippen molar-refractivity contribution in [3.8, 4) is 0 Å². The largest absolute Gasteiger partial charge is 0.356 e. The quantitative estimate of drug-likeness (QED) is 0.499. The zero-order valence-corrected chi connectivity index (χ0v) is 16.1. The lowest BCUT2D eigenvalue weighted by Gasteiger charge is -2.11. The Hall–Kier alpha value is -3.29. The third kappa shape index (κ3) is 3.58. The van der Waals surface area contributed by atoms with E-state index < -0.39 is 0 Å². The molecule has 0 aliphatic carbocycles. The average Bonchev–Trinajstić information content (AvgIpc) is 3.32. The van der Waals surface area contributed by atoms with Gasteiger partial charge >= 0.3 is 0 Å². The molecule has 8 nitrogen and oxygen atoms in total. The van der Waals surface area contributed by atoms with Crippen molar-refractivity contribution in [2.24, 2.45) is 0 Å². The van der Waals surface area contributed by atoms with Crippen molar-refractivity contribution in [1.82, 2.24) is 34.4 Å². The van der Waals surface area contributed by atoms with E-state index in [0.29, 0.717) is 25.2 Å². The van der Waals surface area contributed by atoms with Crippen LogP contribution in [0.4, 0.5) is 0 Å². The second-order valence-electron chi connectivity index (χ2n) is 6.86. The molecule has 4 rings (SSSR count). The highest BCUT2D eigenvalue weighted by Gasteiger charge is 2.12. The van der Waals surface area contributed by atoms with Crippen LogP contribution < -0.4 is 5.32 Å². The number of carbonyl (C=O) groups excluding carboxylic acids is 1. The number of para-hydroxylation sites is 2. The van der Waals surface area contributed by atoms with Gasteiger partial charge in [-0.3, -0.25) is 4.79 Å². The average molecular weight is 377 g/mol. The van der Waals surface area contributed by atoms with Gasteiger partial charge in [-0.2, -0.15) is 10.1 Å². The molecule has 0 saturated carbocycles. The summed E-state index contributed by atoms with van der Waals surface area (Å²) >= 11 is 0. The summed E-state index contributed by atoms with van der Waals surface area (Å²) in [4.78, 5) is 25.2. The van der Waals surface area contributed by atoms with Crippen LogP contribution in [0.5, 0.6) is 0 Å². The van der Waals surface area contributed by atoms with Crippen LogP contribution in [0.1, 0.15) is 29.8 Å². The second kappa shape index (κ2) is 7.75. The van der Waals surface area contributed by atoms with E-state index >= 15 is 0 Å². The molecule has 0 fully saturated rings. The Kier molecular flexibility index (Phi) is 5.01. The van der Waals surface area contributed by atoms with Gasteiger partial charge in [-0.1, -0.05) is 12.1 Å². The lowest BCUT2D eigenvalue weighted by Crippen LogP contribution is -2.25. The van der Waals surface area contributed by atoms with Gasteiger partial charge in [-0.05, 0) is 44.4 Å². The van der Waals surface area contributed by atoms with Crippen molar-refractivity contribution in [2.75, 3.05) is 6.54 Å². The van der Waals surface area contributed by atoms with Gasteiger partial charge in [0.2, 0.25) is 5.91 Å². The van der Waals surface area contributed by atoms with Crippen LogP contribution in [0, 0.1) is 13.8 Å². The molecule has 0 aliphatic rings. The number of hydrogen-bond acceptors (Lipinski definition) is 5. The number of aryl methyl sites for hydroxylation is 3. The maximum absolute atomic E-state index is 12.2. The Morgan fingerprint density at radius 3 is 2.93 bits per heavy atom. The Morgan fingerprint density at radius 2 is 2.04 bits per heavy atom. The smallest absolute Gasteiger partial charge is 0.252 e. The number of carbonyl (C=O) groups is 1. The standard InChI is InChI=1S/C20H23N7O/c1-14-16(15(2)27-20(25-14)22-12-24-27)8-9-19(28)21-10-5-11-26-13-23-17-6-3-4-7-18(17)26/h3-4,6-7,12-13H,5,8-11H2,1-2H3,(H,21,28). The van der Waals surface area contributed by atoms with Gasteiger partial charge in [-0.15, -0.1) is 0 Å². The first-order chi connectivity index (χ1) is 13.6. The molecule has 1 aromatic carbocycles. The number of imidazole rings is 1. The third-order valence-electron chi connectivity index (χ3n) is 5.02. The number of benzene rings is 1. The highest BCUT2D eigenvalue weighted by atomic mass is 16.1. The van der Waals surface area contributed by atoms with Gasteiger partial charge in [0, 0.05) is 30.9 Å². The fourth-order valence-corrected chi connectivity index (χ4v) is 3.51. The molecule has 144 valence electrons.